The summed E-state index contributed by atoms with van der Waals surface area (Å²) in [6, 6.07) is 8.11. The first-order valence-corrected chi connectivity index (χ1v) is 9.02. The van der Waals surface area contributed by atoms with E-state index >= 15 is 0 Å². The summed E-state index contributed by atoms with van der Waals surface area (Å²) in [5, 5.41) is 0. The van der Waals surface area contributed by atoms with Crippen LogP contribution in [0, 0.1) is 5.92 Å². The first-order chi connectivity index (χ1) is 9.84. The lowest BCUT2D eigenvalue weighted by atomic mass is 10.0. The summed E-state index contributed by atoms with van der Waals surface area (Å²) in [5.74, 6) is -3.58. The van der Waals surface area contributed by atoms with E-state index in [0.29, 0.717) is 5.56 Å². The lowest BCUT2D eigenvalue weighted by Crippen LogP contribution is -2.33. The molecule has 0 aliphatic carbocycles. The van der Waals surface area contributed by atoms with Crippen molar-refractivity contribution in [2.24, 2.45) is 5.92 Å². The maximum Gasteiger partial charge on any atom is 0.523 e. The highest BCUT2D eigenvalue weighted by atomic mass is 32.2. The molecule has 0 saturated carbocycles. The molecule has 22 heavy (non-hydrogen) atoms. The van der Waals surface area contributed by atoms with E-state index in [-0.39, 0.29) is 6.42 Å². The zero-order valence-electron chi connectivity index (χ0n) is 11.3. The minimum atomic E-state index is -6.11. The van der Waals surface area contributed by atoms with Gasteiger partial charge in [0.2, 0.25) is 0 Å². The van der Waals surface area contributed by atoms with Crippen molar-refractivity contribution in [2.45, 2.75) is 24.7 Å². The summed E-state index contributed by atoms with van der Waals surface area (Å²) in [6.45, 7) is 1.20. The van der Waals surface area contributed by atoms with Gasteiger partial charge in [-0.15, -0.1) is 0 Å². The third-order valence-corrected chi connectivity index (χ3v) is 5.18. The standard InChI is InChI=1S/C11H14F3O6PS/c1-8(7-9-5-3-2-4-6-9)10(21(15,16)17)20-22(18,19)11(12,13)14/h2-6,8,10H,7H2,1H3,(H2,15,16,17). The molecular weight excluding hydrogens is 348 g/mol. The largest absolute Gasteiger partial charge is 0.523 e. The molecule has 2 N–H and O–H groups in total. The first kappa shape index (κ1) is 19.1. The zero-order valence-corrected chi connectivity index (χ0v) is 13.0. The molecule has 0 aliphatic rings. The summed E-state index contributed by atoms with van der Waals surface area (Å²) in [5.41, 5.74) is -5.19. The van der Waals surface area contributed by atoms with E-state index in [1.807, 2.05) is 0 Å². The van der Waals surface area contributed by atoms with Gasteiger partial charge in [0, 0.05) is 0 Å². The van der Waals surface area contributed by atoms with Crippen LogP contribution in [0.2, 0.25) is 0 Å². The van der Waals surface area contributed by atoms with Gasteiger partial charge in [-0.25, -0.2) is 4.18 Å². The van der Waals surface area contributed by atoms with Crippen LogP contribution in [-0.2, 0) is 25.3 Å². The molecular formula is C11H14F3O6PS. The lowest BCUT2D eigenvalue weighted by Gasteiger charge is -2.24. The van der Waals surface area contributed by atoms with Crippen LogP contribution in [0.4, 0.5) is 13.2 Å². The number of benzene rings is 1. The summed E-state index contributed by atoms with van der Waals surface area (Å²) in [7, 11) is -11.3. The Morgan fingerprint density at radius 3 is 2.14 bits per heavy atom. The monoisotopic (exact) mass is 362 g/mol. The van der Waals surface area contributed by atoms with Crippen LogP contribution in [0.1, 0.15) is 12.5 Å². The molecule has 2 unspecified atom stereocenters. The molecule has 11 heteroatoms. The van der Waals surface area contributed by atoms with Crippen LogP contribution >= 0.6 is 7.60 Å². The molecule has 126 valence electrons. The molecule has 0 heterocycles. The van der Waals surface area contributed by atoms with Crippen molar-refractivity contribution in [3.05, 3.63) is 35.9 Å². The zero-order chi connectivity index (χ0) is 17.2. The summed E-state index contributed by atoms with van der Waals surface area (Å²) < 4.78 is 74.0. The second kappa shape index (κ2) is 6.67. The van der Waals surface area contributed by atoms with E-state index < -0.39 is 35.0 Å². The second-order valence-corrected chi connectivity index (χ2v) is 7.89. The van der Waals surface area contributed by atoms with Gasteiger partial charge in [-0.2, -0.15) is 21.6 Å². The van der Waals surface area contributed by atoms with Gasteiger partial charge in [-0.3, -0.25) is 4.57 Å². The Kier molecular flexibility index (Phi) is 5.80. The number of rotatable bonds is 6. The number of hydrogen-bond acceptors (Lipinski definition) is 4. The fraction of sp³-hybridized carbons (Fsp3) is 0.455. The van der Waals surface area contributed by atoms with Gasteiger partial charge >= 0.3 is 23.2 Å². The van der Waals surface area contributed by atoms with E-state index in [1.165, 1.54) is 6.92 Å². The SMILES string of the molecule is CC(Cc1ccccc1)C(OS(=O)(=O)C(F)(F)F)P(=O)(O)O. The summed E-state index contributed by atoms with van der Waals surface area (Å²) in [4.78, 5) is 18.2. The van der Waals surface area contributed by atoms with Crippen molar-refractivity contribution in [2.75, 3.05) is 0 Å². The molecule has 0 spiro atoms. The minimum Gasteiger partial charge on any atom is -0.323 e. The second-order valence-electron chi connectivity index (χ2n) is 4.64. The van der Waals surface area contributed by atoms with Crippen molar-refractivity contribution < 1.29 is 40.1 Å². The first-order valence-electron chi connectivity index (χ1n) is 5.93. The van der Waals surface area contributed by atoms with Gasteiger partial charge < -0.3 is 9.79 Å². The average molecular weight is 362 g/mol. The van der Waals surface area contributed by atoms with Gasteiger partial charge in [-0.1, -0.05) is 37.3 Å². The quantitative estimate of drug-likeness (QED) is 0.457. The van der Waals surface area contributed by atoms with E-state index in [2.05, 4.69) is 4.18 Å². The van der Waals surface area contributed by atoms with Crippen LogP contribution in [0.15, 0.2) is 30.3 Å². The third-order valence-electron chi connectivity index (χ3n) is 2.73. The van der Waals surface area contributed by atoms with Gasteiger partial charge in [0.05, 0.1) is 0 Å². The van der Waals surface area contributed by atoms with E-state index in [0.717, 1.165) is 0 Å². The maximum absolute atomic E-state index is 12.3. The van der Waals surface area contributed by atoms with Crippen LogP contribution in [0.5, 0.6) is 0 Å². The van der Waals surface area contributed by atoms with Crippen molar-refractivity contribution in [1.29, 1.82) is 0 Å². The van der Waals surface area contributed by atoms with E-state index in [1.54, 1.807) is 30.3 Å². The number of halogens is 3. The molecule has 0 radical (unpaired) electrons. The molecule has 0 bridgehead atoms. The van der Waals surface area contributed by atoms with Gasteiger partial charge in [-0.05, 0) is 17.9 Å². The molecule has 1 aromatic rings. The van der Waals surface area contributed by atoms with E-state index in [9.17, 15) is 26.2 Å². The van der Waals surface area contributed by atoms with E-state index in [4.69, 9.17) is 9.79 Å². The summed E-state index contributed by atoms with van der Waals surface area (Å²) >= 11 is 0. The predicted molar refractivity (Wildman–Crippen MR) is 71.2 cm³/mol. The Balaban J connectivity index is 3.02. The molecule has 0 amide bonds. The van der Waals surface area contributed by atoms with Gasteiger partial charge in [0.25, 0.3) is 0 Å². The fourth-order valence-corrected chi connectivity index (χ4v) is 3.87. The fourth-order valence-electron chi connectivity index (χ4n) is 1.75. The highest BCUT2D eigenvalue weighted by molar-refractivity contribution is 7.87. The minimum absolute atomic E-state index is 0.0655. The molecule has 0 fully saturated rings. The Morgan fingerprint density at radius 1 is 1.23 bits per heavy atom. The smallest absolute Gasteiger partial charge is 0.323 e. The van der Waals surface area contributed by atoms with Crippen LogP contribution in [-0.4, -0.2) is 29.6 Å². The van der Waals surface area contributed by atoms with Crippen molar-refractivity contribution in [1.82, 2.24) is 0 Å². The van der Waals surface area contributed by atoms with Crippen LogP contribution in [0.25, 0.3) is 0 Å². The average Bonchev–Trinajstić information content (AvgIpc) is 2.34. The molecule has 1 rings (SSSR count). The molecule has 0 aromatic heterocycles. The Bertz CT molecular complexity index is 640. The highest BCUT2D eigenvalue weighted by Gasteiger charge is 2.52. The number of hydrogen-bond donors (Lipinski definition) is 2. The third kappa shape index (κ3) is 5.06. The summed E-state index contributed by atoms with van der Waals surface area (Å²) in [6.07, 6.45) is -0.0655. The molecule has 0 aliphatic heterocycles. The molecule has 0 saturated heterocycles. The Hall–Kier alpha value is -0.930. The predicted octanol–water partition coefficient (Wildman–Crippen LogP) is 2.24. The van der Waals surface area contributed by atoms with Crippen molar-refractivity contribution in [3.8, 4) is 0 Å². The number of alkyl halides is 3. The maximum atomic E-state index is 12.3. The normalized spacial score (nSPS) is 16.3. The van der Waals surface area contributed by atoms with Crippen molar-refractivity contribution >= 4 is 17.7 Å². The highest BCUT2D eigenvalue weighted by Crippen LogP contribution is 2.48. The van der Waals surface area contributed by atoms with Crippen LogP contribution in [0.3, 0.4) is 0 Å². The Morgan fingerprint density at radius 2 is 1.73 bits per heavy atom. The van der Waals surface area contributed by atoms with Crippen LogP contribution < -0.4 is 0 Å². The Labute approximate surface area is 125 Å². The topological polar surface area (TPSA) is 101 Å². The van der Waals surface area contributed by atoms with Gasteiger partial charge in [0.1, 0.15) is 0 Å². The van der Waals surface area contributed by atoms with Gasteiger partial charge in [0.15, 0.2) is 5.85 Å². The molecule has 6 nitrogen and oxygen atoms in total. The van der Waals surface area contributed by atoms with Crippen molar-refractivity contribution in [3.63, 3.8) is 0 Å². The lowest BCUT2D eigenvalue weighted by molar-refractivity contribution is -0.0567. The molecule has 2 atom stereocenters. The molecule has 1 aromatic carbocycles.